The number of halogens is 3. The summed E-state index contributed by atoms with van der Waals surface area (Å²) in [4.78, 5) is 0. The number of hydrogen-bond donors (Lipinski definition) is 0. The maximum Gasteiger partial charge on any atom is 0.129 e. The molecule has 2 aromatic carbocycles. The van der Waals surface area contributed by atoms with E-state index in [0.717, 1.165) is 17.8 Å². The summed E-state index contributed by atoms with van der Waals surface area (Å²) in [6.45, 7) is 2.08. The second-order valence-electron chi connectivity index (χ2n) is 5.09. The van der Waals surface area contributed by atoms with E-state index in [1.54, 1.807) is 0 Å². The summed E-state index contributed by atoms with van der Waals surface area (Å²) in [6.07, 6.45) is 1.49. The van der Waals surface area contributed by atoms with E-state index in [4.69, 9.17) is 0 Å². The summed E-state index contributed by atoms with van der Waals surface area (Å²) in [6, 6.07) is 12.0. The van der Waals surface area contributed by atoms with Crippen LogP contribution in [0.5, 0.6) is 0 Å². The number of rotatable bonds is 5. The third-order valence-electron chi connectivity index (χ3n) is 3.51. The molecule has 0 heterocycles. The fraction of sp³-hybridized carbons (Fsp3) is 0.294. The van der Waals surface area contributed by atoms with Crippen LogP contribution >= 0.6 is 15.9 Å². The minimum absolute atomic E-state index is 0.288. The summed E-state index contributed by atoms with van der Waals surface area (Å²) in [7, 11) is 0. The van der Waals surface area contributed by atoms with Crippen LogP contribution in [0, 0.1) is 24.5 Å². The monoisotopic (exact) mass is 338 g/mol. The van der Waals surface area contributed by atoms with Gasteiger partial charge in [-0.2, -0.15) is 0 Å². The van der Waals surface area contributed by atoms with Crippen molar-refractivity contribution in [3.8, 4) is 0 Å². The Morgan fingerprint density at radius 3 is 2.35 bits per heavy atom. The molecule has 0 spiro atoms. The molecule has 0 aliphatic carbocycles. The Labute approximate surface area is 127 Å². The fourth-order valence-corrected chi connectivity index (χ4v) is 2.79. The van der Waals surface area contributed by atoms with E-state index in [9.17, 15) is 8.78 Å². The first-order valence-corrected chi connectivity index (χ1v) is 7.76. The van der Waals surface area contributed by atoms with Crippen molar-refractivity contribution in [2.75, 3.05) is 5.33 Å². The molecule has 0 saturated heterocycles. The molecule has 0 fully saturated rings. The first-order valence-electron chi connectivity index (χ1n) is 6.64. The Kier molecular flexibility index (Phi) is 5.30. The summed E-state index contributed by atoms with van der Waals surface area (Å²) in [5.41, 5.74) is 3.10. The minimum atomic E-state index is -0.527. The van der Waals surface area contributed by atoms with E-state index in [1.807, 2.05) is 12.1 Å². The van der Waals surface area contributed by atoms with Gasteiger partial charge in [-0.15, -0.1) is 0 Å². The van der Waals surface area contributed by atoms with Crippen molar-refractivity contribution >= 4 is 15.9 Å². The maximum atomic E-state index is 13.7. The van der Waals surface area contributed by atoms with E-state index < -0.39 is 11.6 Å². The van der Waals surface area contributed by atoms with Gasteiger partial charge in [-0.25, -0.2) is 8.78 Å². The van der Waals surface area contributed by atoms with Gasteiger partial charge in [-0.1, -0.05) is 46.3 Å². The maximum absolute atomic E-state index is 13.7. The predicted octanol–water partition coefficient (Wildman–Crippen LogP) is 5.07. The van der Waals surface area contributed by atoms with Gasteiger partial charge in [0.25, 0.3) is 0 Å². The lowest BCUT2D eigenvalue weighted by Gasteiger charge is -2.16. The number of hydrogen-bond acceptors (Lipinski definition) is 0. The standard InChI is InChI=1S/C17H17BrF2/c1-12-4-2-3-5-14(12)8-13(11-18)9-15-6-7-16(19)10-17(15)20/h2-7,10,13H,8-9,11H2,1H3. The van der Waals surface area contributed by atoms with Crippen LogP contribution in [0.2, 0.25) is 0 Å². The Bertz CT molecular complexity index is 581. The highest BCUT2D eigenvalue weighted by Gasteiger charge is 2.13. The van der Waals surface area contributed by atoms with Gasteiger partial charge in [0.2, 0.25) is 0 Å². The molecule has 0 aliphatic heterocycles. The van der Waals surface area contributed by atoms with Crippen LogP contribution in [0.3, 0.4) is 0 Å². The molecule has 106 valence electrons. The largest absolute Gasteiger partial charge is 0.207 e. The van der Waals surface area contributed by atoms with Crippen molar-refractivity contribution in [2.24, 2.45) is 5.92 Å². The molecule has 0 nitrogen and oxygen atoms in total. The number of alkyl halides is 1. The fourth-order valence-electron chi connectivity index (χ4n) is 2.33. The van der Waals surface area contributed by atoms with Crippen molar-refractivity contribution in [3.05, 3.63) is 70.8 Å². The topological polar surface area (TPSA) is 0 Å². The van der Waals surface area contributed by atoms with Crippen LogP contribution in [0.1, 0.15) is 16.7 Å². The zero-order valence-electron chi connectivity index (χ0n) is 11.4. The molecular formula is C17H17BrF2. The van der Waals surface area contributed by atoms with Crippen LogP contribution in [-0.4, -0.2) is 5.33 Å². The molecule has 2 aromatic rings. The van der Waals surface area contributed by atoms with E-state index in [2.05, 4.69) is 35.0 Å². The normalized spacial score (nSPS) is 12.4. The van der Waals surface area contributed by atoms with Gasteiger partial charge in [0.15, 0.2) is 0 Å². The minimum Gasteiger partial charge on any atom is -0.207 e. The van der Waals surface area contributed by atoms with Crippen molar-refractivity contribution in [1.29, 1.82) is 0 Å². The molecule has 0 N–H and O–H groups in total. The Hall–Kier alpha value is -1.22. The lowest BCUT2D eigenvalue weighted by molar-refractivity contribution is 0.536. The molecule has 0 aromatic heterocycles. The van der Waals surface area contributed by atoms with E-state index in [-0.39, 0.29) is 5.92 Å². The van der Waals surface area contributed by atoms with Crippen molar-refractivity contribution in [3.63, 3.8) is 0 Å². The highest BCUT2D eigenvalue weighted by molar-refractivity contribution is 9.09. The average molecular weight is 339 g/mol. The van der Waals surface area contributed by atoms with Crippen LogP contribution in [0.15, 0.2) is 42.5 Å². The molecular weight excluding hydrogens is 322 g/mol. The zero-order valence-corrected chi connectivity index (χ0v) is 13.0. The van der Waals surface area contributed by atoms with Gasteiger partial charge in [-0.05, 0) is 48.4 Å². The highest BCUT2D eigenvalue weighted by Crippen LogP contribution is 2.21. The molecule has 0 saturated carbocycles. The first kappa shape index (κ1) is 15.2. The number of aryl methyl sites for hydroxylation is 1. The molecule has 0 amide bonds. The molecule has 0 bridgehead atoms. The second kappa shape index (κ2) is 6.98. The van der Waals surface area contributed by atoms with Gasteiger partial charge in [-0.3, -0.25) is 0 Å². The molecule has 20 heavy (non-hydrogen) atoms. The molecule has 1 unspecified atom stereocenters. The third-order valence-corrected chi connectivity index (χ3v) is 4.43. The van der Waals surface area contributed by atoms with Crippen LogP contribution in [0.4, 0.5) is 8.78 Å². The average Bonchev–Trinajstić information content (AvgIpc) is 2.43. The van der Waals surface area contributed by atoms with Gasteiger partial charge >= 0.3 is 0 Å². The Morgan fingerprint density at radius 2 is 1.70 bits per heavy atom. The summed E-state index contributed by atoms with van der Waals surface area (Å²) in [5, 5.41) is 0.790. The zero-order chi connectivity index (χ0) is 14.5. The van der Waals surface area contributed by atoms with Crippen molar-refractivity contribution < 1.29 is 8.78 Å². The lowest BCUT2D eigenvalue weighted by Crippen LogP contribution is -2.12. The molecule has 0 aliphatic rings. The summed E-state index contributed by atoms with van der Waals surface area (Å²) < 4.78 is 26.6. The molecule has 0 radical (unpaired) electrons. The smallest absolute Gasteiger partial charge is 0.129 e. The quantitative estimate of drug-likeness (QED) is 0.667. The second-order valence-corrected chi connectivity index (χ2v) is 5.74. The van der Waals surface area contributed by atoms with Gasteiger partial charge in [0.05, 0.1) is 0 Å². The molecule has 2 rings (SSSR count). The Morgan fingerprint density at radius 1 is 1.00 bits per heavy atom. The first-order chi connectivity index (χ1) is 9.60. The van der Waals surface area contributed by atoms with E-state index in [1.165, 1.54) is 23.3 Å². The molecule has 3 heteroatoms. The molecule has 1 atom stereocenters. The third kappa shape index (κ3) is 3.89. The van der Waals surface area contributed by atoms with Gasteiger partial charge in [0.1, 0.15) is 11.6 Å². The SMILES string of the molecule is Cc1ccccc1CC(CBr)Cc1ccc(F)cc1F. The van der Waals surface area contributed by atoms with Crippen molar-refractivity contribution in [2.45, 2.75) is 19.8 Å². The number of benzene rings is 2. The van der Waals surface area contributed by atoms with E-state index >= 15 is 0 Å². The van der Waals surface area contributed by atoms with Gasteiger partial charge in [0, 0.05) is 11.4 Å². The summed E-state index contributed by atoms with van der Waals surface area (Å²) in [5.74, 6) is -0.697. The van der Waals surface area contributed by atoms with Crippen LogP contribution in [0.25, 0.3) is 0 Å². The van der Waals surface area contributed by atoms with Gasteiger partial charge < -0.3 is 0 Å². The van der Waals surface area contributed by atoms with Crippen LogP contribution < -0.4 is 0 Å². The summed E-state index contributed by atoms with van der Waals surface area (Å²) >= 11 is 3.50. The predicted molar refractivity (Wildman–Crippen MR) is 82.2 cm³/mol. The highest BCUT2D eigenvalue weighted by atomic mass is 79.9. The Balaban J connectivity index is 2.11. The van der Waals surface area contributed by atoms with Crippen molar-refractivity contribution in [1.82, 2.24) is 0 Å². The lowest BCUT2D eigenvalue weighted by atomic mass is 9.92. The van der Waals surface area contributed by atoms with E-state index in [0.29, 0.717) is 12.0 Å². The van der Waals surface area contributed by atoms with Crippen LogP contribution in [-0.2, 0) is 12.8 Å².